The van der Waals surface area contributed by atoms with Gasteiger partial charge >= 0.3 is 0 Å². The standard InChI is InChI=1S/C10H21N3/c1-5-10(6-7-11)13(4)9-8-12(2)3/h10H,5-6,8-9H2,1-4H3. The molecule has 0 spiro atoms. The molecule has 0 aliphatic heterocycles. The molecule has 76 valence electrons. The number of hydrogen-bond donors (Lipinski definition) is 0. The molecule has 13 heavy (non-hydrogen) atoms. The molecule has 3 heteroatoms. The van der Waals surface area contributed by atoms with Crippen molar-refractivity contribution in [3.8, 4) is 6.07 Å². The van der Waals surface area contributed by atoms with E-state index >= 15 is 0 Å². The predicted octanol–water partition coefficient (Wildman–Crippen LogP) is 1.17. The van der Waals surface area contributed by atoms with Crippen molar-refractivity contribution in [3.63, 3.8) is 0 Å². The minimum absolute atomic E-state index is 0.421. The van der Waals surface area contributed by atoms with E-state index in [9.17, 15) is 0 Å². The van der Waals surface area contributed by atoms with E-state index < -0.39 is 0 Å². The molecule has 0 amide bonds. The maximum Gasteiger partial charge on any atom is 0.0638 e. The highest BCUT2D eigenvalue weighted by atomic mass is 15.2. The average Bonchev–Trinajstić information content (AvgIpc) is 2.10. The third-order valence-corrected chi connectivity index (χ3v) is 2.32. The molecule has 0 aromatic heterocycles. The highest BCUT2D eigenvalue weighted by Crippen LogP contribution is 2.04. The van der Waals surface area contributed by atoms with Gasteiger partial charge in [-0.25, -0.2) is 0 Å². The van der Waals surface area contributed by atoms with Crippen LogP contribution in [-0.4, -0.2) is 50.1 Å². The van der Waals surface area contributed by atoms with E-state index in [1.165, 1.54) is 0 Å². The molecular weight excluding hydrogens is 162 g/mol. The van der Waals surface area contributed by atoms with Crippen molar-refractivity contribution in [2.24, 2.45) is 0 Å². The lowest BCUT2D eigenvalue weighted by Crippen LogP contribution is -2.36. The normalized spacial score (nSPS) is 13.3. The van der Waals surface area contributed by atoms with E-state index in [0.717, 1.165) is 19.5 Å². The summed E-state index contributed by atoms with van der Waals surface area (Å²) < 4.78 is 0. The largest absolute Gasteiger partial charge is 0.308 e. The summed E-state index contributed by atoms with van der Waals surface area (Å²) >= 11 is 0. The highest BCUT2D eigenvalue weighted by Gasteiger charge is 2.11. The van der Waals surface area contributed by atoms with Gasteiger partial charge in [-0.15, -0.1) is 0 Å². The van der Waals surface area contributed by atoms with Gasteiger partial charge < -0.3 is 9.80 Å². The predicted molar refractivity (Wildman–Crippen MR) is 55.5 cm³/mol. The van der Waals surface area contributed by atoms with Crippen LogP contribution in [0.5, 0.6) is 0 Å². The first-order valence-corrected chi connectivity index (χ1v) is 4.83. The van der Waals surface area contributed by atoms with Crippen LogP contribution >= 0.6 is 0 Å². The Hall–Kier alpha value is -0.590. The Morgan fingerprint density at radius 2 is 1.85 bits per heavy atom. The van der Waals surface area contributed by atoms with Crippen molar-refractivity contribution in [2.45, 2.75) is 25.8 Å². The summed E-state index contributed by atoms with van der Waals surface area (Å²) in [6.45, 7) is 4.22. The average molecular weight is 183 g/mol. The molecule has 0 fully saturated rings. The summed E-state index contributed by atoms with van der Waals surface area (Å²) in [5.74, 6) is 0. The van der Waals surface area contributed by atoms with E-state index in [0.29, 0.717) is 12.5 Å². The van der Waals surface area contributed by atoms with Crippen molar-refractivity contribution < 1.29 is 0 Å². The molecule has 0 heterocycles. The van der Waals surface area contributed by atoms with Gasteiger partial charge in [0.25, 0.3) is 0 Å². The number of likely N-dealkylation sites (N-methyl/N-ethyl adjacent to an activating group) is 2. The van der Waals surface area contributed by atoms with Crippen LogP contribution in [0.25, 0.3) is 0 Å². The molecule has 0 aromatic rings. The summed E-state index contributed by atoms with van der Waals surface area (Å²) in [6.07, 6.45) is 1.69. The first kappa shape index (κ1) is 12.4. The van der Waals surface area contributed by atoms with Gasteiger partial charge in [0.2, 0.25) is 0 Å². The minimum atomic E-state index is 0.421. The second kappa shape index (κ2) is 6.88. The quantitative estimate of drug-likeness (QED) is 0.619. The summed E-state index contributed by atoms with van der Waals surface area (Å²) in [5, 5.41) is 8.61. The Morgan fingerprint density at radius 1 is 1.23 bits per heavy atom. The van der Waals surface area contributed by atoms with E-state index in [1.54, 1.807) is 0 Å². The molecule has 0 aliphatic rings. The smallest absolute Gasteiger partial charge is 0.0638 e. The molecule has 0 aliphatic carbocycles. The van der Waals surface area contributed by atoms with Crippen LogP contribution in [0.3, 0.4) is 0 Å². The second-order valence-corrected chi connectivity index (χ2v) is 3.71. The minimum Gasteiger partial charge on any atom is -0.308 e. The molecule has 1 atom stereocenters. The molecule has 0 saturated carbocycles. The first-order chi connectivity index (χ1) is 6.11. The van der Waals surface area contributed by atoms with Gasteiger partial charge in [0, 0.05) is 19.1 Å². The topological polar surface area (TPSA) is 30.3 Å². The van der Waals surface area contributed by atoms with Crippen LogP contribution < -0.4 is 0 Å². The Labute approximate surface area is 81.9 Å². The maximum absolute atomic E-state index is 8.61. The Morgan fingerprint density at radius 3 is 2.23 bits per heavy atom. The summed E-state index contributed by atoms with van der Waals surface area (Å²) in [6, 6.07) is 2.65. The third-order valence-electron chi connectivity index (χ3n) is 2.32. The van der Waals surface area contributed by atoms with Crippen LogP contribution in [-0.2, 0) is 0 Å². The second-order valence-electron chi connectivity index (χ2n) is 3.71. The number of hydrogen-bond acceptors (Lipinski definition) is 3. The SMILES string of the molecule is CCC(CC#N)N(C)CCN(C)C. The van der Waals surface area contributed by atoms with Crippen LogP contribution in [0.1, 0.15) is 19.8 Å². The van der Waals surface area contributed by atoms with Gasteiger partial charge in [-0.3, -0.25) is 0 Å². The van der Waals surface area contributed by atoms with Crippen LogP contribution in [0.15, 0.2) is 0 Å². The third kappa shape index (κ3) is 5.62. The first-order valence-electron chi connectivity index (χ1n) is 4.83. The molecule has 0 aromatic carbocycles. The summed E-state index contributed by atoms with van der Waals surface area (Å²) in [4.78, 5) is 4.43. The Kier molecular flexibility index (Phi) is 6.56. The lowest BCUT2D eigenvalue weighted by molar-refractivity contribution is 0.214. The fraction of sp³-hybridized carbons (Fsp3) is 0.900. The van der Waals surface area contributed by atoms with Crippen molar-refractivity contribution in [3.05, 3.63) is 0 Å². The molecule has 0 saturated heterocycles. The van der Waals surface area contributed by atoms with Gasteiger partial charge in [0.05, 0.1) is 12.5 Å². The van der Waals surface area contributed by atoms with Gasteiger partial charge in [-0.1, -0.05) is 6.92 Å². The van der Waals surface area contributed by atoms with Crippen molar-refractivity contribution in [2.75, 3.05) is 34.2 Å². The van der Waals surface area contributed by atoms with E-state index in [4.69, 9.17) is 5.26 Å². The number of rotatable bonds is 6. The monoisotopic (exact) mass is 183 g/mol. The van der Waals surface area contributed by atoms with Crippen molar-refractivity contribution in [1.82, 2.24) is 9.80 Å². The molecule has 3 nitrogen and oxygen atoms in total. The van der Waals surface area contributed by atoms with Crippen LogP contribution in [0.4, 0.5) is 0 Å². The lowest BCUT2D eigenvalue weighted by atomic mass is 10.1. The fourth-order valence-corrected chi connectivity index (χ4v) is 1.26. The summed E-state index contributed by atoms with van der Waals surface area (Å²) in [7, 11) is 6.23. The van der Waals surface area contributed by atoms with Gasteiger partial charge in [-0.05, 0) is 27.6 Å². The zero-order valence-corrected chi connectivity index (χ0v) is 9.25. The fourth-order valence-electron chi connectivity index (χ4n) is 1.26. The maximum atomic E-state index is 8.61. The van der Waals surface area contributed by atoms with Gasteiger partial charge in [0.1, 0.15) is 0 Å². The highest BCUT2D eigenvalue weighted by molar-refractivity contribution is 4.80. The molecule has 0 N–H and O–H groups in total. The molecule has 0 rings (SSSR count). The van der Waals surface area contributed by atoms with E-state index in [2.05, 4.69) is 43.9 Å². The zero-order chi connectivity index (χ0) is 10.3. The molecule has 0 radical (unpaired) electrons. The van der Waals surface area contributed by atoms with Crippen molar-refractivity contribution >= 4 is 0 Å². The van der Waals surface area contributed by atoms with Crippen LogP contribution in [0, 0.1) is 11.3 Å². The zero-order valence-electron chi connectivity index (χ0n) is 9.25. The lowest BCUT2D eigenvalue weighted by Gasteiger charge is -2.26. The molecule has 0 bridgehead atoms. The van der Waals surface area contributed by atoms with Crippen molar-refractivity contribution in [1.29, 1.82) is 5.26 Å². The van der Waals surface area contributed by atoms with E-state index in [-0.39, 0.29) is 0 Å². The Balaban J connectivity index is 3.78. The van der Waals surface area contributed by atoms with Crippen LogP contribution in [0.2, 0.25) is 0 Å². The molecule has 1 unspecified atom stereocenters. The van der Waals surface area contributed by atoms with Gasteiger partial charge in [0.15, 0.2) is 0 Å². The van der Waals surface area contributed by atoms with E-state index in [1.807, 2.05) is 0 Å². The molecular formula is C10H21N3. The number of nitrogens with zero attached hydrogens (tertiary/aromatic N) is 3. The summed E-state index contributed by atoms with van der Waals surface area (Å²) in [5.41, 5.74) is 0. The Bertz CT molecular complexity index is 160. The number of nitriles is 1. The van der Waals surface area contributed by atoms with Gasteiger partial charge in [-0.2, -0.15) is 5.26 Å².